The van der Waals surface area contributed by atoms with Crippen LogP contribution in [0.2, 0.25) is 0 Å². The van der Waals surface area contributed by atoms with Crippen LogP contribution in [-0.2, 0) is 0 Å². The van der Waals surface area contributed by atoms with E-state index in [-0.39, 0.29) is 11.4 Å². The summed E-state index contributed by atoms with van der Waals surface area (Å²) in [7, 11) is 0. The van der Waals surface area contributed by atoms with Gasteiger partial charge in [-0.15, -0.1) is 0 Å². The molecular formula is C8H8N3O2. The van der Waals surface area contributed by atoms with Crippen molar-refractivity contribution >= 4 is 11.7 Å². The van der Waals surface area contributed by atoms with Gasteiger partial charge in [-0.25, -0.2) is 0 Å². The second-order valence-electron chi connectivity index (χ2n) is 2.39. The molecule has 13 heavy (non-hydrogen) atoms. The molecule has 0 bridgehead atoms. The molecule has 0 aliphatic heterocycles. The number of rotatable bonds is 2. The summed E-state index contributed by atoms with van der Waals surface area (Å²) < 4.78 is 0. The fraction of sp³-hybridized carbons (Fsp3) is 0. The molecule has 0 heterocycles. The maximum Gasteiger partial charge on any atom is 0.269 e. The van der Waals surface area contributed by atoms with E-state index in [1.807, 2.05) is 0 Å². The molecule has 0 saturated heterocycles. The van der Waals surface area contributed by atoms with Crippen molar-refractivity contribution < 1.29 is 10.0 Å². The van der Waals surface area contributed by atoms with Crippen LogP contribution in [0.1, 0.15) is 15.9 Å². The Kier molecular flexibility index (Phi) is 2.49. The third-order valence-electron chi connectivity index (χ3n) is 1.55. The number of benzene rings is 1. The molecule has 1 amide bonds. The first-order valence-electron chi connectivity index (χ1n) is 3.49. The van der Waals surface area contributed by atoms with Gasteiger partial charge < -0.3 is 10.9 Å². The quantitative estimate of drug-likeness (QED) is 0.293. The molecule has 67 valence electrons. The number of carbonyl (C=O) groups is 1. The zero-order chi connectivity index (χ0) is 9.84. The molecule has 0 aliphatic carbocycles. The number of amides is 1. The van der Waals surface area contributed by atoms with E-state index in [9.17, 15) is 4.79 Å². The molecule has 0 spiro atoms. The first-order chi connectivity index (χ1) is 6.15. The van der Waals surface area contributed by atoms with Gasteiger partial charge in [0, 0.05) is 11.1 Å². The predicted octanol–water partition coefficient (Wildman–Crippen LogP) is 0.204. The van der Waals surface area contributed by atoms with Gasteiger partial charge >= 0.3 is 0 Å². The molecule has 1 aromatic carbocycles. The number of amidine groups is 1. The number of hydrogen-bond donors (Lipinski definition) is 2. The number of nitrogens with zero attached hydrogens (tertiary/aromatic N) is 1. The van der Waals surface area contributed by atoms with Crippen LogP contribution in [0.15, 0.2) is 29.4 Å². The third kappa shape index (κ3) is 1.96. The number of carbonyl (C=O) groups excluding carboxylic acids is 1. The highest BCUT2D eigenvalue weighted by Crippen LogP contribution is 2.03. The summed E-state index contributed by atoms with van der Waals surface area (Å²) in [6.45, 7) is 0. The Labute approximate surface area is 74.6 Å². The third-order valence-corrected chi connectivity index (χ3v) is 1.55. The van der Waals surface area contributed by atoms with Crippen LogP contribution >= 0.6 is 0 Å². The summed E-state index contributed by atoms with van der Waals surface area (Å²) in [4.78, 5) is 10.6. The molecule has 0 saturated carbocycles. The first kappa shape index (κ1) is 9.05. The molecular weight excluding hydrogens is 170 g/mol. The molecule has 0 aromatic heterocycles. The van der Waals surface area contributed by atoms with E-state index in [0.717, 1.165) is 0 Å². The van der Waals surface area contributed by atoms with Crippen LogP contribution in [0.5, 0.6) is 0 Å². The summed E-state index contributed by atoms with van der Waals surface area (Å²) >= 11 is 0. The maximum atomic E-state index is 10.6. The fourth-order valence-corrected chi connectivity index (χ4v) is 0.850. The summed E-state index contributed by atoms with van der Waals surface area (Å²) in [5.74, 6) is -0.782. The van der Waals surface area contributed by atoms with E-state index in [0.29, 0.717) is 5.56 Å². The number of nitrogens with one attached hydrogen (secondary N) is 1. The van der Waals surface area contributed by atoms with Crippen LogP contribution < -0.4 is 11.5 Å². The van der Waals surface area contributed by atoms with E-state index in [4.69, 9.17) is 16.7 Å². The Morgan fingerprint density at radius 3 is 2.15 bits per heavy atom. The fourth-order valence-electron chi connectivity index (χ4n) is 0.850. The second-order valence-corrected chi connectivity index (χ2v) is 2.39. The Hall–Kier alpha value is -2.04. The van der Waals surface area contributed by atoms with Gasteiger partial charge in [-0.3, -0.25) is 10.5 Å². The molecule has 1 rings (SSSR count). The average molecular weight is 178 g/mol. The van der Waals surface area contributed by atoms with Crippen molar-refractivity contribution in [2.24, 2.45) is 10.9 Å². The van der Waals surface area contributed by atoms with Crippen LogP contribution in [-0.4, -0.2) is 17.0 Å². The van der Waals surface area contributed by atoms with Crippen molar-refractivity contribution in [2.75, 3.05) is 0 Å². The van der Waals surface area contributed by atoms with Gasteiger partial charge in [0.25, 0.3) is 5.91 Å². The van der Waals surface area contributed by atoms with E-state index in [2.05, 4.69) is 5.16 Å². The first-order valence-corrected chi connectivity index (χ1v) is 3.49. The molecule has 0 fully saturated rings. The number of oxime groups is 1. The van der Waals surface area contributed by atoms with Gasteiger partial charge in [-0.05, 0) is 12.1 Å². The maximum absolute atomic E-state index is 10.6. The summed E-state index contributed by atoms with van der Waals surface area (Å²) in [5, 5.41) is 11.1. The molecule has 4 N–H and O–H groups in total. The minimum Gasteiger partial charge on any atom is -0.409 e. The molecule has 0 atom stereocenters. The molecule has 5 nitrogen and oxygen atoms in total. The monoisotopic (exact) mass is 178 g/mol. The Bertz CT molecular complexity index is 343. The van der Waals surface area contributed by atoms with Crippen molar-refractivity contribution in [1.82, 2.24) is 5.73 Å². The van der Waals surface area contributed by atoms with Crippen molar-refractivity contribution in [3.05, 3.63) is 35.4 Å². The van der Waals surface area contributed by atoms with Gasteiger partial charge in [-0.2, -0.15) is 0 Å². The van der Waals surface area contributed by atoms with Crippen molar-refractivity contribution in [2.45, 2.75) is 0 Å². The lowest BCUT2D eigenvalue weighted by atomic mass is 10.1. The van der Waals surface area contributed by atoms with Gasteiger partial charge in [0.2, 0.25) is 0 Å². The predicted molar refractivity (Wildman–Crippen MR) is 46.4 cm³/mol. The molecule has 1 radical (unpaired) electrons. The topological polar surface area (TPSA) is 99.5 Å². The second kappa shape index (κ2) is 3.57. The Morgan fingerprint density at radius 1 is 1.31 bits per heavy atom. The van der Waals surface area contributed by atoms with Crippen molar-refractivity contribution in [3.63, 3.8) is 0 Å². The summed E-state index contributed by atoms with van der Waals surface area (Å²) in [6, 6.07) is 5.92. The highest BCUT2D eigenvalue weighted by Gasteiger charge is 2.02. The lowest BCUT2D eigenvalue weighted by molar-refractivity contribution is 0.0992. The summed E-state index contributed by atoms with van der Waals surface area (Å²) in [6.07, 6.45) is 0. The van der Waals surface area contributed by atoms with E-state index < -0.39 is 5.91 Å². The van der Waals surface area contributed by atoms with Crippen LogP contribution in [0, 0.1) is 0 Å². The summed E-state index contributed by atoms with van der Waals surface area (Å²) in [5.41, 5.74) is 12.9. The van der Waals surface area contributed by atoms with Gasteiger partial charge in [0.15, 0.2) is 5.84 Å². The minimum atomic E-state index is -0.758. The smallest absolute Gasteiger partial charge is 0.269 e. The van der Waals surface area contributed by atoms with Crippen LogP contribution in [0.25, 0.3) is 0 Å². The van der Waals surface area contributed by atoms with Crippen LogP contribution in [0.3, 0.4) is 0 Å². The zero-order valence-corrected chi connectivity index (χ0v) is 6.69. The normalized spacial score (nSPS) is 11.2. The SMILES string of the molecule is [NH]C(=O)c1ccc(/C(N)=N\O)cc1. The minimum absolute atomic E-state index is 0.0241. The molecule has 1 aromatic rings. The lowest BCUT2D eigenvalue weighted by Gasteiger charge is -1.98. The lowest BCUT2D eigenvalue weighted by Crippen LogP contribution is -2.13. The van der Waals surface area contributed by atoms with Crippen molar-refractivity contribution in [3.8, 4) is 0 Å². The zero-order valence-electron chi connectivity index (χ0n) is 6.69. The van der Waals surface area contributed by atoms with Crippen molar-refractivity contribution in [1.29, 1.82) is 0 Å². The van der Waals surface area contributed by atoms with E-state index >= 15 is 0 Å². The van der Waals surface area contributed by atoms with Gasteiger partial charge in [0.05, 0.1) is 0 Å². The van der Waals surface area contributed by atoms with Crippen LogP contribution in [0.4, 0.5) is 0 Å². The molecule has 0 unspecified atom stereocenters. The average Bonchev–Trinajstić information content (AvgIpc) is 2.17. The highest BCUT2D eigenvalue weighted by molar-refractivity contribution is 5.98. The van der Waals surface area contributed by atoms with Gasteiger partial charge in [-0.1, -0.05) is 17.3 Å². The van der Waals surface area contributed by atoms with Gasteiger partial charge in [0.1, 0.15) is 0 Å². The Balaban J connectivity index is 3.00. The van der Waals surface area contributed by atoms with E-state index in [1.54, 1.807) is 0 Å². The molecule has 0 aliphatic rings. The van der Waals surface area contributed by atoms with E-state index in [1.165, 1.54) is 24.3 Å². The highest BCUT2D eigenvalue weighted by atomic mass is 16.4. The largest absolute Gasteiger partial charge is 0.409 e. The Morgan fingerprint density at radius 2 is 1.77 bits per heavy atom. The number of hydrogen-bond acceptors (Lipinski definition) is 3. The molecule has 5 heteroatoms. The standard InChI is InChI=1S/C8H8N3O2/c9-7(11-13)5-1-3-6(4-2-5)8(10)12/h1-4,10,13H,(H2,9,11). The number of nitrogens with two attached hydrogens (primary N) is 1.